The Morgan fingerprint density at radius 3 is 2.57 bits per heavy atom. The van der Waals surface area contributed by atoms with Crippen LogP contribution in [0.5, 0.6) is 5.75 Å². The van der Waals surface area contributed by atoms with E-state index in [2.05, 4.69) is 24.3 Å². The Hall–Kier alpha value is -1.20. The molecule has 1 aromatic rings. The number of thioether (sulfide) groups is 1. The van der Waals surface area contributed by atoms with Crippen molar-refractivity contribution in [3.05, 3.63) is 23.8 Å². The maximum absolute atomic E-state index is 12.6. The van der Waals surface area contributed by atoms with Crippen molar-refractivity contribution in [3.8, 4) is 5.75 Å². The van der Waals surface area contributed by atoms with Crippen LogP contribution in [0.25, 0.3) is 0 Å². The molecule has 0 aromatic heterocycles. The maximum atomic E-state index is 12.6. The predicted molar refractivity (Wildman–Crippen MR) is 96.6 cm³/mol. The third-order valence-electron chi connectivity index (χ3n) is 4.96. The molecule has 0 spiro atoms. The zero-order valence-electron chi connectivity index (χ0n) is 14.6. The van der Waals surface area contributed by atoms with E-state index in [0.717, 1.165) is 17.7 Å². The topological polar surface area (TPSA) is 41.6 Å². The van der Waals surface area contributed by atoms with E-state index in [1.54, 1.807) is 18.9 Å². The average molecular weight is 337 g/mol. The molecule has 1 aromatic carbocycles. The number of benzene rings is 1. The Bertz CT molecular complexity index is 540. The van der Waals surface area contributed by atoms with Crippen LogP contribution in [0.4, 0.5) is 0 Å². The third kappa shape index (κ3) is 4.21. The van der Waals surface area contributed by atoms with Crippen molar-refractivity contribution in [2.45, 2.75) is 42.5 Å². The zero-order valence-corrected chi connectivity index (χ0v) is 15.5. The molecule has 1 aliphatic rings. The molecule has 0 atom stereocenters. The van der Waals surface area contributed by atoms with Crippen LogP contribution in [-0.4, -0.2) is 50.4 Å². The number of hydrogen-bond acceptors (Lipinski definition) is 4. The lowest BCUT2D eigenvalue weighted by molar-refractivity contribution is 0.0797. The van der Waals surface area contributed by atoms with Crippen LogP contribution in [0.2, 0.25) is 0 Å². The highest BCUT2D eigenvalue weighted by molar-refractivity contribution is 7.98. The summed E-state index contributed by atoms with van der Waals surface area (Å²) in [6.07, 6.45) is 8.07. The number of likely N-dealkylation sites (N-methyl/N-ethyl adjacent to an activating group) is 1. The number of nitrogens with zero attached hydrogens (tertiary/aromatic N) is 1. The molecule has 0 saturated heterocycles. The van der Waals surface area contributed by atoms with Crippen molar-refractivity contribution in [2.75, 3.05) is 34.0 Å². The van der Waals surface area contributed by atoms with Gasteiger partial charge in [-0.25, -0.2) is 0 Å². The molecule has 1 N–H and O–H groups in total. The molecule has 0 aliphatic heterocycles. The number of rotatable bonds is 6. The lowest BCUT2D eigenvalue weighted by Crippen LogP contribution is -2.53. The van der Waals surface area contributed by atoms with Crippen molar-refractivity contribution in [2.24, 2.45) is 0 Å². The van der Waals surface area contributed by atoms with E-state index >= 15 is 0 Å². The first kappa shape index (κ1) is 18.1. The van der Waals surface area contributed by atoms with E-state index in [1.807, 2.05) is 24.5 Å². The predicted octanol–water partition coefficient (Wildman–Crippen LogP) is 3.41. The van der Waals surface area contributed by atoms with E-state index in [0.29, 0.717) is 17.9 Å². The van der Waals surface area contributed by atoms with Gasteiger partial charge in [0.1, 0.15) is 5.75 Å². The first-order chi connectivity index (χ1) is 11.0. The summed E-state index contributed by atoms with van der Waals surface area (Å²) in [6.45, 7) is 0.687. The van der Waals surface area contributed by atoms with Gasteiger partial charge >= 0.3 is 0 Å². The molecule has 23 heavy (non-hydrogen) atoms. The molecule has 1 saturated carbocycles. The lowest BCUT2D eigenvalue weighted by Gasteiger charge is -2.43. The monoisotopic (exact) mass is 336 g/mol. The number of hydrogen-bond donors (Lipinski definition) is 1. The standard InChI is InChI=1S/C18H28N2O2S/c1-20(2)18(10-6-5-7-11-18)13-19-17(21)15-9-8-14(23-4)12-16(15)22-3/h8-9,12H,5-7,10-11,13H2,1-4H3,(H,19,21). The summed E-state index contributed by atoms with van der Waals surface area (Å²) in [6, 6.07) is 5.73. The normalized spacial score (nSPS) is 17.1. The summed E-state index contributed by atoms with van der Waals surface area (Å²) in [5.41, 5.74) is 0.690. The molecule has 1 amide bonds. The molecule has 2 rings (SSSR count). The fraction of sp³-hybridized carbons (Fsp3) is 0.611. The van der Waals surface area contributed by atoms with Crippen molar-refractivity contribution in [1.82, 2.24) is 10.2 Å². The maximum Gasteiger partial charge on any atom is 0.255 e. The SMILES string of the molecule is COc1cc(SC)ccc1C(=O)NCC1(N(C)C)CCCCC1. The van der Waals surface area contributed by atoms with E-state index in [1.165, 1.54) is 19.3 Å². The molecular formula is C18H28N2O2S. The molecule has 0 heterocycles. The second kappa shape index (κ2) is 8.06. The van der Waals surface area contributed by atoms with Gasteiger partial charge in [0.15, 0.2) is 0 Å². The van der Waals surface area contributed by atoms with Gasteiger partial charge in [-0.05, 0) is 51.4 Å². The van der Waals surface area contributed by atoms with E-state index < -0.39 is 0 Å². The molecule has 0 unspecified atom stereocenters. The molecule has 5 heteroatoms. The number of ether oxygens (including phenoxy) is 1. The number of methoxy groups -OCH3 is 1. The zero-order chi connectivity index (χ0) is 16.9. The summed E-state index contributed by atoms with van der Waals surface area (Å²) in [5, 5.41) is 3.14. The summed E-state index contributed by atoms with van der Waals surface area (Å²) >= 11 is 1.64. The first-order valence-electron chi connectivity index (χ1n) is 8.20. The number of carbonyl (C=O) groups is 1. The summed E-state index contributed by atoms with van der Waals surface area (Å²) in [5.74, 6) is 0.582. The molecule has 1 fully saturated rings. The van der Waals surface area contributed by atoms with Gasteiger partial charge in [0.25, 0.3) is 5.91 Å². The third-order valence-corrected chi connectivity index (χ3v) is 5.69. The Labute approximate surface area is 144 Å². The smallest absolute Gasteiger partial charge is 0.255 e. The van der Waals surface area contributed by atoms with Crippen molar-refractivity contribution >= 4 is 17.7 Å². The molecular weight excluding hydrogens is 308 g/mol. The van der Waals surface area contributed by atoms with Crippen LogP contribution < -0.4 is 10.1 Å². The second-order valence-corrected chi connectivity index (χ2v) is 7.31. The highest BCUT2D eigenvalue weighted by Gasteiger charge is 2.34. The Morgan fingerprint density at radius 2 is 2.00 bits per heavy atom. The van der Waals surface area contributed by atoms with Gasteiger partial charge < -0.3 is 15.0 Å². The summed E-state index contributed by atoms with van der Waals surface area (Å²) in [4.78, 5) is 16.0. The molecule has 0 radical (unpaired) electrons. The van der Waals surface area contributed by atoms with Crippen LogP contribution >= 0.6 is 11.8 Å². The van der Waals surface area contributed by atoms with Gasteiger partial charge in [-0.3, -0.25) is 4.79 Å². The van der Waals surface area contributed by atoms with Gasteiger partial charge in [0.05, 0.1) is 12.7 Å². The van der Waals surface area contributed by atoms with Gasteiger partial charge in [-0.2, -0.15) is 0 Å². The van der Waals surface area contributed by atoms with E-state index in [-0.39, 0.29) is 11.4 Å². The molecule has 4 nitrogen and oxygen atoms in total. The van der Waals surface area contributed by atoms with Crippen LogP contribution in [0.3, 0.4) is 0 Å². The average Bonchev–Trinajstić information content (AvgIpc) is 2.59. The van der Waals surface area contributed by atoms with Crippen LogP contribution in [0, 0.1) is 0 Å². The summed E-state index contributed by atoms with van der Waals surface area (Å²) in [7, 11) is 5.84. The lowest BCUT2D eigenvalue weighted by atomic mass is 9.80. The van der Waals surface area contributed by atoms with Crippen LogP contribution in [0.1, 0.15) is 42.5 Å². The highest BCUT2D eigenvalue weighted by Crippen LogP contribution is 2.32. The summed E-state index contributed by atoms with van der Waals surface area (Å²) < 4.78 is 5.39. The molecule has 128 valence electrons. The minimum absolute atomic E-state index is 0.0544. The van der Waals surface area contributed by atoms with Crippen molar-refractivity contribution in [1.29, 1.82) is 0 Å². The number of nitrogens with one attached hydrogen (secondary N) is 1. The Balaban J connectivity index is 2.09. The molecule has 1 aliphatic carbocycles. The van der Waals surface area contributed by atoms with Crippen molar-refractivity contribution in [3.63, 3.8) is 0 Å². The van der Waals surface area contributed by atoms with Gasteiger partial charge in [-0.15, -0.1) is 11.8 Å². The number of carbonyl (C=O) groups excluding carboxylic acids is 1. The Kier molecular flexibility index (Phi) is 6.36. The van der Waals surface area contributed by atoms with Gasteiger partial charge in [0.2, 0.25) is 0 Å². The largest absolute Gasteiger partial charge is 0.496 e. The molecule has 0 bridgehead atoms. The Morgan fingerprint density at radius 1 is 1.30 bits per heavy atom. The highest BCUT2D eigenvalue weighted by atomic mass is 32.2. The minimum Gasteiger partial charge on any atom is -0.496 e. The second-order valence-electron chi connectivity index (χ2n) is 6.43. The van der Waals surface area contributed by atoms with Crippen LogP contribution in [0.15, 0.2) is 23.1 Å². The van der Waals surface area contributed by atoms with Gasteiger partial charge in [0, 0.05) is 17.0 Å². The minimum atomic E-state index is -0.0544. The van der Waals surface area contributed by atoms with E-state index in [4.69, 9.17) is 4.74 Å². The van der Waals surface area contributed by atoms with Crippen molar-refractivity contribution < 1.29 is 9.53 Å². The fourth-order valence-corrected chi connectivity index (χ4v) is 3.75. The van der Waals surface area contributed by atoms with Crippen LogP contribution in [-0.2, 0) is 0 Å². The first-order valence-corrected chi connectivity index (χ1v) is 9.42. The van der Waals surface area contributed by atoms with Gasteiger partial charge in [-0.1, -0.05) is 19.3 Å². The fourth-order valence-electron chi connectivity index (χ4n) is 3.32. The van der Waals surface area contributed by atoms with E-state index in [9.17, 15) is 4.79 Å². The number of amides is 1. The quantitative estimate of drug-likeness (QED) is 0.808.